The van der Waals surface area contributed by atoms with Gasteiger partial charge < -0.3 is 11.1 Å². The molecular weight excluding hydrogens is 487 g/mol. The molecule has 0 fully saturated rings. The van der Waals surface area contributed by atoms with E-state index in [4.69, 9.17) is 17.3 Å². The third-order valence-corrected chi connectivity index (χ3v) is 6.54. The van der Waals surface area contributed by atoms with E-state index in [0.717, 1.165) is 28.8 Å². The highest BCUT2D eigenvalue weighted by Gasteiger charge is 2.30. The second-order valence-electron chi connectivity index (χ2n) is 8.94. The predicted octanol–water partition coefficient (Wildman–Crippen LogP) is 8.43. The number of amides is 2. The number of halogens is 4. The van der Waals surface area contributed by atoms with Crippen LogP contribution in [0.15, 0.2) is 54.6 Å². The van der Waals surface area contributed by atoms with Gasteiger partial charge in [-0.25, -0.2) is 4.79 Å². The first-order valence-corrected chi connectivity index (χ1v) is 12.3. The van der Waals surface area contributed by atoms with Gasteiger partial charge in [-0.2, -0.15) is 13.2 Å². The highest BCUT2D eigenvalue weighted by Crippen LogP contribution is 2.35. The van der Waals surface area contributed by atoms with Crippen molar-refractivity contribution in [3.05, 3.63) is 87.4 Å². The lowest BCUT2D eigenvalue weighted by molar-refractivity contribution is -0.137. The molecule has 3 N–H and O–H groups in total. The Hall–Kier alpha value is -3.19. The van der Waals surface area contributed by atoms with Gasteiger partial charge in [0.15, 0.2) is 0 Å². The van der Waals surface area contributed by atoms with Crippen molar-refractivity contribution in [2.45, 2.75) is 59.2 Å². The summed E-state index contributed by atoms with van der Waals surface area (Å²) in [4.78, 5) is 15.2. The number of urea groups is 1. The molecule has 0 aliphatic carbocycles. The van der Waals surface area contributed by atoms with Crippen molar-refractivity contribution in [1.82, 2.24) is 0 Å². The fourth-order valence-corrected chi connectivity index (χ4v) is 4.46. The molecule has 0 radical (unpaired) electrons. The standard InChI is InChI=1S/C28H31ClF3N3O/c1-5-22-24(29)15-25(33)23(6-2)26(22)34-27(36)35(21-13-9-19(10-14-21)17(3)4)16-18-7-11-20(12-8-18)28(30,31)32/h7-15,17H,5-6,16,33H2,1-4H3,(H,34,36). The van der Waals surface area contributed by atoms with E-state index in [1.165, 1.54) is 17.0 Å². The summed E-state index contributed by atoms with van der Waals surface area (Å²) in [6.07, 6.45) is -3.25. The molecule has 3 aromatic carbocycles. The number of nitrogens with two attached hydrogens (primary N) is 1. The Morgan fingerprint density at radius 2 is 1.58 bits per heavy atom. The van der Waals surface area contributed by atoms with E-state index in [9.17, 15) is 18.0 Å². The van der Waals surface area contributed by atoms with Crippen molar-refractivity contribution in [3.63, 3.8) is 0 Å². The maximum atomic E-state index is 13.7. The summed E-state index contributed by atoms with van der Waals surface area (Å²) < 4.78 is 39.1. The minimum Gasteiger partial charge on any atom is -0.398 e. The Kier molecular flexibility index (Phi) is 8.56. The van der Waals surface area contributed by atoms with Gasteiger partial charge in [-0.3, -0.25) is 4.90 Å². The van der Waals surface area contributed by atoms with E-state index < -0.39 is 17.8 Å². The minimum absolute atomic E-state index is 0.0734. The Bertz CT molecular complexity index is 1180. The average Bonchev–Trinajstić information content (AvgIpc) is 2.82. The van der Waals surface area contributed by atoms with Crippen LogP contribution in [0.3, 0.4) is 0 Å². The van der Waals surface area contributed by atoms with Crippen molar-refractivity contribution >= 4 is 34.7 Å². The molecule has 8 heteroatoms. The smallest absolute Gasteiger partial charge is 0.398 e. The van der Waals surface area contributed by atoms with Crippen LogP contribution in [-0.2, 0) is 25.6 Å². The van der Waals surface area contributed by atoms with Crippen molar-refractivity contribution < 1.29 is 18.0 Å². The Morgan fingerprint density at radius 1 is 1.00 bits per heavy atom. The third kappa shape index (κ3) is 6.13. The van der Waals surface area contributed by atoms with Crippen molar-refractivity contribution in [3.8, 4) is 0 Å². The number of carbonyl (C=O) groups is 1. The molecule has 192 valence electrons. The van der Waals surface area contributed by atoms with Crippen LogP contribution in [0.25, 0.3) is 0 Å². The molecule has 0 aromatic heterocycles. The number of carbonyl (C=O) groups excluding carboxylic acids is 1. The van der Waals surface area contributed by atoms with Crippen LogP contribution in [0, 0.1) is 0 Å². The summed E-state index contributed by atoms with van der Waals surface area (Å²) in [7, 11) is 0. The molecule has 0 saturated heterocycles. The summed E-state index contributed by atoms with van der Waals surface area (Å²) in [6.45, 7) is 8.11. The number of nitrogens with one attached hydrogen (secondary N) is 1. The number of alkyl halides is 3. The zero-order valence-corrected chi connectivity index (χ0v) is 21.6. The van der Waals surface area contributed by atoms with Gasteiger partial charge in [0.05, 0.1) is 17.8 Å². The van der Waals surface area contributed by atoms with Crippen LogP contribution in [0.4, 0.5) is 35.0 Å². The lowest BCUT2D eigenvalue weighted by Gasteiger charge is -2.26. The lowest BCUT2D eigenvalue weighted by atomic mass is 10.0. The zero-order chi connectivity index (χ0) is 26.6. The van der Waals surface area contributed by atoms with E-state index >= 15 is 0 Å². The van der Waals surface area contributed by atoms with Crippen LogP contribution in [0.5, 0.6) is 0 Å². The largest absolute Gasteiger partial charge is 0.416 e. The molecule has 2 amide bonds. The minimum atomic E-state index is -4.43. The molecule has 4 nitrogen and oxygen atoms in total. The van der Waals surface area contributed by atoms with Gasteiger partial charge in [-0.05, 0) is 71.3 Å². The van der Waals surface area contributed by atoms with E-state index in [1.807, 2.05) is 38.1 Å². The molecule has 0 atom stereocenters. The summed E-state index contributed by atoms with van der Waals surface area (Å²) in [5, 5.41) is 3.47. The molecule has 36 heavy (non-hydrogen) atoms. The van der Waals surface area contributed by atoms with Gasteiger partial charge in [0.2, 0.25) is 0 Å². The van der Waals surface area contributed by atoms with Crippen LogP contribution < -0.4 is 16.0 Å². The van der Waals surface area contributed by atoms with Crippen LogP contribution in [0.2, 0.25) is 5.02 Å². The Balaban J connectivity index is 2.01. The van der Waals surface area contributed by atoms with Crippen molar-refractivity contribution in [2.75, 3.05) is 16.0 Å². The van der Waals surface area contributed by atoms with Crippen LogP contribution >= 0.6 is 11.6 Å². The number of hydrogen-bond acceptors (Lipinski definition) is 2. The zero-order valence-electron chi connectivity index (χ0n) is 20.8. The molecule has 0 aliphatic heterocycles. The number of anilines is 3. The fourth-order valence-electron chi connectivity index (χ4n) is 4.11. The molecule has 0 saturated carbocycles. The van der Waals surface area contributed by atoms with Crippen LogP contribution in [-0.4, -0.2) is 6.03 Å². The molecule has 0 aliphatic rings. The molecule has 0 spiro atoms. The number of benzene rings is 3. The molecule has 3 rings (SSSR count). The summed E-state index contributed by atoms with van der Waals surface area (Å²) in [5.74, 6) is 0.310. The topological polar surface area (TPSA) is 58.4 Å². The Morgan fingerprint density at radius 3 is 2.08 bits per heavy atom. The maximum Gasteiger partial charge on any atom is 0.416 e. The van der Waals surface area contributed by atoms with E-state index in [0.29, 0.717) is 46.4 Å². The summed E-state index contributed by atoms with van der Waals surface area (Å²) in [5.41, 5.74) is 10.4. The van der Waals surface area contributed by atoms with E-state index in [-0.39, 0.29) is 6.54 Å². The highest BCUT2D eigenvalue weighted by molar-refractivity contribution is 6.32. The van der Waals surface area contributed by atoms with Gasteiger partial charge >= 0.3 is 12.2 Å². The van der Waals surface area contributed by atoms with Gasteiger partial charge in [-0.1, -0.05) is 63.6 Å². The monoisotopic (exact) mass is 517 g/mol. The molecule has 0 heterocycles. The first-order valence-electron chi connectivity index (χ1n) is 11.9. The molecule has 3 aromatic rings. The fraction of sp³-hybridized carbons (Fsp3) is 0.321. The average molecular weight is 518 g/mol. The van der Waals surface area contributed by atoms with Crippen LogP contribution in [0.1, 0.15) is 61.4 Å². The third-order valence-electron chi connectivity index (χ3n) is 6.20. The maximum absolute atomic E-state index is 13.7. The normalized spacial score (nSPS) is 11.6. The quantitative estimate of drug-likeness (QED) is 0.309. The molecule has 0 bridgehead atoms. The van der Waals surface area contributed by atoms with Gasteiger partial charge in [0.25, 0.3) is 0 Å². The highest BCUT2D eigenvalue weighted by atomic mass is 35.5. The van der Waals surface area contributed by atoms with Crippen molar-refractivity contribution in [1.29, 1.82) is 0 Å². The van der Waals surface area contributed by atoms with Gasteiger partial charge in [0, 0.05) is 16.4 Å². The molecular formula is C28H31ClF3N3O. The first-order chi connectivity index (χ1) is 17.0. The number of nitrogen functional groups attached to an aromatic ring is 1. The lowest BCUT2D eigenvalue weighted by Crippen LogP contribution is -2.35. The predicted molar refractivity (Wildman–Crippen MR) is 142 cm³/mol. The summed E-state index contributed by atoms with van der Waals surface area (Å²) >= 11 is 6.44. The van der Waals surface area contributed by atoms with E-state index in [1.54, 1.807) is 6.07 Å². The summed E-state index contributed by atoms with van der Waals surface area (Å²) in [6, 6.07) is 13.6. The number of rotatable bonds is 7. The van der Waals surface area contributed by atoms with Crippen molar-refractivity contribution in [2.24, 2.45) is 0 Å². The molecule has 0 unspecified atom stereocenters. The van der Waals surface area contributed by atoms with Gasteiger partial charge in [-0.15, -0.1) is 0 Å². The van der Waals surface area contributed by atoms with E-state index in [2.05, 4.69) is 19.2 Å². The Labute approximate surface area is 215 Å². The second kappa shape index (κ2) is 11.2. The first kappa shape index (κ1) is 27.4. The second-order valence-corrected chi connectivity index (χ2v) is 9.35. The SMILES string of the molecule is CCc1c(N)cc(Cl)c(CC)c1NC(=O)N(Cc1ccc(C(F)(F)F)cc1)c1ccc(C(C)C)cc1. The number of hydrogen-bond donors (Lipinski definition) is 2. The number of nitrogens with zero attached hydrogens (tertiary/aromatic N) is 1. The van der Waals surface area contributed by atoms with Gasteiger partial charge in [0.1, 0.15) is 0 Å².